The molecule has 0 spiro atoms. The number of halogens is 1. The highest BCUT2D eigenvalue weighted by molar-refractivity contribution is 5.44. The Morgan fingerprint density at radius 2 is 1.79 bits per heavy atom. The van der Waals surface area contributed by atoms with Crippen LogP contribution in [0.1, 0.15) is 22.7 Å². The van der Waals surface area contributed by atoms with Gasteiger partial charge in [-0.2, -0.15) is 0 Å². The molecule has 0 radical (unpaired) electrons. The molecule has 0 amide bonds. The summed E-state index contributed by atoms with van der Waals surface area (Å²) in [6.45, 7) is 0.968. The van der Waals surface area contributed by atoms with Crippen molar-refractivity contribution in [2.45, 2.75) is 12.5 Å². The average molecular weight is 278 g/mol. The second-order valence-electron chi connectivity index (χ2n) is 4.69. The number of rotatable bonds is 1. The third-order valence-corrected chi connectivity index (χ3v) is 3.55. The number of nitrogens with two attached hydrogens (primary N) is 1. The fourth-order valence-electron chi connectivity index (χ4n) is 2.69. The fraction of sp³-hybridized carbons (Fsp3) is 0.200. The molecule has 3 nitrogen and oxygen atoms in total. The van der Waals surface area contributed by atoms with Crippen LogP contribution in [-0.4, -0.2) is 16.8 Å². The van der Waals surface area contributed by atoms with Crippen LogP contribution >= 0.6 is 0 Å². The zero-order chi connectivity index (χ0) is 12.5. The third kappa shape index (κ3) is 2.53. The summed E-state index contributed by atoms with van der Waals surface area (Å²) in [5.74, 6) is 0.645. The Balaban J connectivity index is 0.00000133. The first-order valence-electron chi connectivity index (χ1n) is 6.19. The molecule has 4 heteroatoms. The zero-order valence-electron chi connectivity index (χ0n) is 10.4. The van der Waals surface area contributed by atoms with Crippen molar-refractivity contribution in [2.75, 3.05) is 6.54 Å². The van der Waals surface area contributed by atoms with Gasteiger partial charge in [0.25, 0.3) is 0 Å². The van der Waals surface area contributed by atoms with E-state index in [0.717, 1.165) is 18.5 Å². The lowest BCUT2D eigenvalue weighted by molar-refractivity contribution is -0.690. The smallest absolute Gasteiger partial charge is 0.141 e. The highest BCUT2D eigenvalue weighted by atomic mass is 35.5. The summed E-state index contributed by atoms with van der Waals surface area (Å²) >= 11 is 0. The van der Waals surface area contributed by atoms with Gasteiger partial charge in [0.1, 0.15) is 17.5 Å². The molecule has 1 atom stereocenters. The molecule has 19 heavy (non-hydrogen) atoms. The SMILES string of the molecule is Oc1ccc2c(c1)CC[NH2+]C2c1ccccc1O.[Cl-]. The van der Waals surface area contributed by atoms with Gasteiger partial charge in [0.15, 0.2) is 0 Å². The highest BCUT2D eigenvalue weighted by Gasteiger charge is 2.26. The Bertz CT molecular complexity index is 586. The van der Waals surface area contributed by atoms with Crippen molar-refractivity contribution in [3.05, 3.63) is 59.2 Å². The maximum absolute atomic E-state index is 9.97. The molecule has 0 aromatic heterocycles. The van der Waals surface area contributed by atoms with Crippen LogP contribution in [0.25, 0.3) is 0 Å². The molecule has 0 saturated carbocycles. The van der Waals surface area contributed by atoms with Crippen LogP contribution < -0.4 is 17.7 Å². The van der Waals surface area contributed by atoms with Crippen LogP contribution in [-0.2, 0) is 6.42 Å². The maximum atomic E-state index is 9.97. The van der Waals surface area contributed by atoms with E-state index in [1.807, 2.05) is 30.3 Å². The van der Waals surface area contributed by atoms with Gasteiger partial charge in [0.2, 0.25) is 0 Å². The second kappa shape index (κ2) is 5.51. The zero-order valence-corrected chi connectivity index (χ0v) is 11.1. The van der Waals surface area contributed by atoms with E-state index in [9.17, 15) is 10.2 Å². The average Bonchev–Trinajstić information content (AvgIpc) is 2.38. The molecule has 2 aromatic rings. The van der Waals surface area contributed by atoms with Crippen molar-refractivity contribution in [1.82, 2.24) is 0 Å². The molecule has 1 aliphatic heterocycles. The monoisotopic (exact) mass is 277 g/mol. The van der Waals surface area contributed by atoms with E-state index in [-0.39, 0.29) is 18.4 Å². The molecule has 1 unspecified atom stereocenters. The molecule has 0 fully saturated rings. The van der Waals surface area contributed by atoms with Crippen LogP contribution in [0.3, 0.4) is 0 Å². The predicted octanol–water partition coefficient (Wildman–Crippen LogP) is -1.69. The van der Waals surface area contributed by atoms with Crippen molar-refractivity contribution in [2.24, 2.45) is 0 Å². The van der Waals surface area contributed by atoms with Gasteiger partial charge in [-0.15, -0.1) is 0 Å². The minimum Gasteiger partial charge on any atom is -1.00 e. The Morgan fingerprint density at radius 1 is 1.00 bits per heavy atom. The number of aromatic hydroxyl groups is 2. The van der Waals surface area contributed by atoms with Crippen molar-refractivity contribution < 1.29 is 27.9 Å². The fourth-order valence-corrected chi connectivity index (χ4v) is 2.69. The molecule has 0 saturated heterocycles. The summed E-state index contributed by atoms with van der Waals surface area (Å²) in [6.07, 6.45) is 0.952. The standard InChI is InChI=1S/C15H15NO2.ClH/c17-11-5-6-12-10(9-11)7-8-16-15(12)13-3-1-2-4-14(13)18;/h1-6,9,15-18H,7-8H2;1H. The van der Waals surface area contributed by atoms with E-state index in [1.165, 1.54) is 11.1 Å². The van der Waals surface area contributed by atoms with Gasteiger partial charge in [-0.1, -0.05) is 12.1 Å². The summed E-state index contributed by atoms with van der Waals surface area (Å²) in [7, 11) is 0. The molecular weight excluding hydrogens is 262 g/mol. The van der Waals surface area contributed by atoms with E-state index in [4.69, 9.17) is 0 Å². The molecule has 1 heterocycles. The van der Waals surface area contributed by atoms with Crippen LogP contribution in [0.15, 0.2) is 42.5 Å². The van der Waals surface area contributed by atoms with E-state index < -0.39 is 0 Å². The molecule has 1 aliphatic rings. The number of quaternary nitrogens is 1. The molecular formula is C15H16ClNO2. The molecule has 4 N–H and O–H groups in total. The Kier molecular flexibility index (Phi) is 3.98. The molecule has 100 valence electrons. The van der Waals surface area contributed by atoms with Gasteiger partial charge in [-0.3, -0.25) is 0 Å². The van der Waals surface area contributed by atoms with E-state index in [0.29, 0.717) is 11.5 Å². The third-order valence-electron chi connectivity index (χ3n) is 3.55. The minimum absolute atomic E-state index is 0. The van der Waals surface area contributed by atoms with Gasteiger partial charge in [-0.05, 0) is 35.9 Å². The minimum atomic E-state index is 0. The summed E-state index contributed by atoms with van der Waals surface area (Å²) in [5, 5.41) is 21.7. The molecule has 0 bridgehead atoms. The first-order chi connectivity index (χ1) is 8.75. The number of hydrogen-bond donors (Lipinski definition) is 3. The quantitative estimate of drug-likeness (QED) is 0.583. The summed E-state index contributed by atoms with van der Waals surface area (Å²) < 4.78 is 0. The molecule has 2 aromatic carbocycles. The number of fused-ring (bicyclic) bond motifs is 1. The predicted molar refractivity (Wildman–Crippen MR) is 68.6 cm³/mol. The normalized spacial score (nSPS) is 17.4. The Morgan fingerprint density at radius 3 is 2.58 bits per heavy atom. The number of phenolic OH excluding ortho intramolecular Hbond substituents is 2. The Labute approximate surface area is 118 Å². The van der Waals surface area contributed by atoms with Crippen molar-refractivity contribution >= 4 is 0 Å². The topological polar surface area (TPSA) is 57.1 Å². The van der Waals surface area contributed by atoms with Crippen molar-refractivity contribution in [3.8, 4) is 11.5 Å². The van der Waals surface area contributed by atoms with Gasteiger partial charge < -0.3 is 27.9 Å². The van der Waals surface area contributed by atoms with E-state index >= 15 is 0 Å². The summed E-state index contributed by atoms with van der Waals surface area (Å²) in [5.41, 5.74) is 3.29. The lowest BCUT2D eigenvalue weighted by atomic mass is 9.89. The van der Waals surface area contributed by atoms with E-state index in [2.05, 4.69) is 5.32 Å². The largest absolute Gasteiger partial charge is 1.00 e. The van der Waals surface area contributed by atoms with Crippen molar-refractivity contribution in [3.63, 3.8) is 0 Å². The van der Waals surface area contributed by atoms with Crippen LogP contribution in [0.2, 0.25) is 0 Å². The van der Waals surface area contributed by atoms with E-state index in [1.54, 1.807) is 12.1 Å². The Hall–Kier alpha value is -1.71. The van der Waals surface area contributed by atoms with Gasteiger partial charge >= 0.3 is 0 Å². The number of phenols is 2. The first-order valence-corrected chi connectivity index (χ1v) is 6.19. The second-order valence-corrected chi connectivity index (χ2v) is 4.69. The summed E-state index contributed by atoms with van der Waals surface area (Å²) in [4.78, 5) is 0. The van der Waals surface area contributed by atoms with Gasteiger partial charge in [0, 0.05) is 12.0 Å². The number of hydrogen-bond acceptors (Lipinski definition) is 2. The number of benzene rings is 2. The number of para-hydroxylation sites is 1. The van der Waals surface area contributed by atoms with Crippen molar-refractivity contribution in [1.29, 1.82) is 0 Å². The maximum Gasteiger partial charge on any atom is 0.141 e. The van der Waals surface area contributed by atoms with Crippen LogP contribution in [0, 0.1) is 0 Å². The highest BCUT2D eigenvalue weighted by Crippen LogP contribution is 2.31. The van der Waals surface area contributed by atoms with Gasteiger partial charge in [0.05, 0.1) is 12.1 Å². The molecule has 3 rings (SSSR count). The first kappa shape index (κ1) is 13.7. The lowest BCUT2D eigenvalue weighted by Crippen LogP contribution is -3.00. The van der Waals surface area contributed by atoms with Crippen LogP contribution in [0.4, 0.5) is 0 Å². The summed E-state index contributed by atoms with van der Waals surface area (Å²) in [6, 6.07) is 13.1. The molecule has 0 aliphatic carbocycles. The van der Waals surface area contributed by atoms with Crippen LogP contribution in [0.5, 0.6) is 11.5 Å². The van der Waals surface area contributed by atoms with Gasteiger partial charge in [-0.25, -0.2) is 0 Å². The lowest BCUT2D eigenvalue weighted by Gasteiger charge is -2.24.